The summed E-state index contributed by atoms with van der Waals surface area (Å²) in [5, 5.41) is 0. The highest BCUT2D eigenvalue weighted by Crippen LogP contribution is 2.16. The summed E-state index contributed by atoms with van der Waals surface area (Å²) in [6, 6.07) is 0. The van der Waals surface area contributed by atoms with E-state index in [0.29, 0.717) is 0 Å². The van der Waals surface area contributed by atoms with Crippen LogP contribution in [-0.2, 0) is 33.2 Å². The lowest BCUT2D eigenvalue weighted by molar-refractivity contribution is -0.188. The quantitative estimate of drug-likeness (QED) is 0.0346. The molecule has 0 aromatic carbocycles. The maximum atomic E-state index is 6.07. The number of hydrogen-bond acceptors (Lipinski definition) is 7. The third-order valence-electron chi connectivity index (χ3n) is 10.1. The van der Waals surface area contributed by atoms with Gasteiger partial charge in [-0.05, 0) is 89.2 Å². The minimum absolute atomic E-state index is 0.0116. The zero-order valence-corrected chi connectivity index (χ0v) is 37.5. The molecule has 2 unspecified atom stereocenters. The minimum Gasteiger partial charge on any atom is -0.353 e. The molecule has 0 aromatic heterocycles. The van der Waals surface area contributed by atoms with Gasteiger partial charge in [0, 0.05) is 40.6 Å². The molecule has 55 heavy (non-hydrogen) atoms. The molecule has 328 valence electrons. The third-order valence-corrected chi connectivity index (χ3v) is 10.1. The zero-order valence-electron chi connectivity index (χ0n) is 37.5. The average molecular weight is 783 g/mol. The lowest BCUT2D eigenvalue weighted by Gasteiger charge is -2.18. The largest absolute Gasteiger partial charge is 0.353 e. The van der Waals surface area contributed by atoms with Crippen molar-refractivity contribution in [2.45, 2.75) is 245 Å². The van der Waals surface area contributed by atoms with Crippen molar-refractivity contribution in [3.8, 4) is 0 Å². The van der Waals surface area contributed by atoms with Crippen LogP contribution in [0.2, 0.25) is 0 Å². The van der Waals surface area contributed by atoms with Crippen molar-refractivity contribution in [1.82, 2.24) is 0 Å². The van der Waals surface area contributed by atoms with E-state index in [1.165, 1.54) is 141 Å². The maximum absolute atomic E-state index is 6.07. The van der Waals surface area contributed by atoms with Crippen molar-refractivity contribution in [2.75, 3.05) is 40.6 Å². The molecule has 0 aromatic rings. The Morgan fingerprint density at radius 2 is 0.636 bits per heavy atom. The number of rotatable bonds is 46. The molecule has 0 rings (SSSR count). The second kappa shape index (κ2) is 45.9. The van der Waals surface area contributed by atoms with E-state index in [1.54, 1.807) is 14.2 Å². The van der Waals surface area contributed by atoms with Crippen molar-refractivity contribution in [1.29, 1.82) is 0 Å². The summed E-state index contributed by atoms with van der Waals surface area (Å²) in [5.74, 6) is 0. The van der Waals surface area contributed by atoms with Crippen molar-refractivity contribution in [2.24, 2.45) is 0 Å². The molecule has 0 aliphatic heterocycles. The minimum atomic E-state index is -0.403. The van der Waals surface area contributed by atoms with Gasteiger partial charge in [-0.15, -0.1) is 0 Å². The summed E-state index contributed by atoms with van der Waals surface area (Å²) in [7, 11) is 3.38. The van der Waals surface area contributed by atoms with Crippen LogP contribution in [0.4, 0.5) is 0 Å². The smallest absolute Gasteiger partial charge is 0.179 e. The van der Waals surface area contributed by atoms with Gasteiger partial charge in [0.2, 0.25) is 0 Å². The Morgan fingerprint density at radius 3 is 0.927 bits per heavy atom. The monoisotopic (exact) mass is 783 g/mol. The Labute approximate surface area is 342 Å². The van der Waals surface area contributed by atoms with E-state index in [-0.39, 0.29) is 12.6 Å². The van der Waals surface area contributed by atoms with Gasteiger partial charge in [-0.1, -0.05) is 155 Å². The van der Waals surface area contributed by atoms with Crippen molar-refractivity contribution >= 4 is 0 Å². The molecule has 0 aliphatic carbocycles. The van der Waals surface area contributed by atoms with Crippen molar-refractivity contribution in [3.05, 3.63) is 24.3 Å². The highest BCUT2D eigenvalue weighted by Gasteiger charge is 2.12. The molecule has 0 fully saturated rings. The van der Waals surface area contributed by atoms with Gasteiger partial charge in [0.25, 0.3) is 0 Å². The summed E-state index contributed by atoms with van der Waals surface area (Å²) in [5.41, 5.74) is 0. The number of allylic oxidation sites excluding steroid dienone is 2. The highest BCUT2D eigenvalue weighted by molar-refractivity contribution is 4.89. The van der Waals surface area contributed by atoms with Crippen molar-refractivity contribution in [3.63, 3.8) is 0 Å². The van der Waals surface area contributed by atoms with Crippen LogP contribution in [0.3, 0.4) is 0 Å². The van der Waals surface area contributed by atoms with Gasteiger partial charge in [0.15, 0.2) is 25.2 Å². The first-order valence-electron chi connectivity index (χ1n) is 23.7. The average Bonchev–Trinajstić information content (AvgIpc) is 3.20. The summed E-state index contributed by atoms with van der Waals surface area (Å²) in [6.07, 6.45) is 43.8. The Kier molecular flexibility index (Phi) is 45.2. The van der Waals surface area contributed by atoms with Gasteiger partial charge in [-0.2, -0.15) is 0 Å². The first-order chi connectivity index (χ1) is 27.1. The van der Waals surface area contributed by atoms with Crippen LogP contribution in [0.15, 0.2) is 24.3 Å². The number of unbranched alkanes of at least 4 members (excludes halogenated alkanes) is 22. The molecule has 0 spiro atoms. The number of ether oxygens (including phenoxy) is 7. The molecule has 0 saturated heterocycles. The fraction of sp³-hybridized carbons (Fsp3) is 0.917. The topological polar surface area (TPSA) is 64.6 Å². The Balaban J connectivity index is 3.99. The molecule has 0 saturated carbocycles. The van der Waals surface area contributed by atoms with E-state index in [1.807, 2.05) is 12.2 Å². The molecule has 0 aliphatic rings. The lowest BCUT2D eigenvalue weighted by atomic mass is 10.1. The lowest BCUT2D eigenvalue weighted by Crippen LogP contribution is -2.22. The molecule has 2 atom stereocenters. The van der Waals surface area contributed by atoms with E-state index in [4.69, 9.17) is 33.2 Å². The number of hydrogen-bond donors (Lipinski definition) is 0. The van der Waals surface area contributed by atoms with Crippen LogP contribution in [0.5, 0.6) is 0 Å². The van der Waals surface area contributed by atoms with E-state index < -0.39 is 12.6 Å². The van der Waals surface area contributed by atoms with Gasteiger partial charge >= 0.3 is 0 Å². The van der Waals surface area contributed by atoms with Gasteiger partial charge in [0.1, 0.15) is 0 Å². The Bertz CT molecular complexity index is 689. The van der Waals surface area contributed by atoms with Gasteiger partial charge in [-0.3, -0.25) is 0 Å². The molecule has 0 N–H and O–H groups in total. The molecule has 0 amide bonds. The van der Waals surface area contributed by atoms with Crippen LogP contribution in [0.25, 0.3) is 0 Å². The normalized spacial score (nSPS) is 13.4. The van der Waals surface area contributed by atoms with Crippen LogP contribution in [0.1, 0.15) is 220 Å². The molecular formula is C48H94O7. The van der Waals surface area contributed by atoms with Gasteiger partial charge in [0.05, 0.1) is 0 Å². The van der Waals surface area contributed by atoms with Crippen LogP contribution < -0.4 is 0 Å². The molecule has 0 heterocycles. The highest BCUT2D eigenvalue weighted by atomic mass is 16.8. The standard InChI is InChI=1S/C48H94O7/c1-7-11-33-41-51-47(52-42-34-12-8-2)39-31-27-23-19-15-17-21-25-29-37-45(49-5)55-46(50-6)38-30-26-22-18-16-20-24-28-32-40-48(53-43-35-13-9-3)54-44-36-14-10-4/h29-30,37-38,45-48H,7-28,31-36,39-44H2,1-6H3. The zero-order chi connectivity index (χ0) is 40.1. The summed E-state index contributed by atoms with van der Waals surface area (Å²) in [4.78, 5) is 0. The second-order valence-corrected chi connectivity index (χ2v) is 15.5. The van der Waals surface area contributed by atoms with Gasteiger partial charge < -0.3 is 33.2 Å². The first-order valence-corrected chi connectivity index (χ1v) is 23.7. The molecule has 0 radical (unpaired) electrons. The van der Waals surface area contributed by atoms with Crippen LogP contribution in [0, 0.1) is 0 Å². The fourth-order valence-corrected chi connectivity index (χ4v) is 6.52. The van der Waals surface area contributed by atoms with Crippen molar-refractivity contribution < 1.29 is 33.2 Å². The fourth-order valence-electron chi connectivity index (χ4n) is 6.52. The summed E-state index contributed by atoms with van der Waals surface area (Å²) in [6.45, 7) is 12.3. The first kappa shape index (κ1) is 54.2. The molecule has 7 nitrogen and oxygen atoms in total. The molecular weight excluding hydrogens is 689 g/mol. The Hall–Kier alpha value is -0.800. The molecule has 0 bridgehead atoms. The predicted molar refractivity (Wildman–Crippen MR) is 234 cm³/mol. The SMILES string of the molecule is CCCCCOC(CCCCCCCCCC=CC(OC)OC(C=CCCCCCCCCCC(OCCCCC)OCCCCC)OC)OCCCCC. The second-order valence-electron chi connectivity index (χ2n) is 15.5. The molecule has 7 heteroatoms. The van der Waals surface area contributed by atoms with Crippen LogP contribution in [-0.4, -0.2) is 65.8 Å². The number of methoxy groups -OCH3 is 2. The van der Waals surface area contributed by atoms with E-state index in [0.717, 1.165) is 77.8 Å². The Morgan fingerprint density at radius 1 is 0.345 bits per heavy atom. The van der Waals surface area contributed by atoms with Crippen LogP contribution >= 0.6 is 0 Å². The summed E-state index contributed by atoms with van der Waals surface area (Å²) < 4.78 is 41.4. The van der Waals surface area contributed by atoms with Gasteiger partial charge in [-0.25, -0.2) is 0 Å². The van der Waals surface area contributed by atoms with E-state index in [9.17, 15) is 0 Å². The van der Waals surface area contributed by atoms with E-state index in [2.05, 4.69) is 39.8 Å². The van der Waals surface area contributed by atoms with E-state index >= 15 is 0 Å². The predicted octanol–water partition coefficient (Wildman–Crippen LogP) is 14.6. The summed E-state index contributed by atoms with van der Waals surface area (Å²) >= 11 is 0. The third kappa shape index (κ3) is 39.8. The maximum Gasteiger partial charge on any atom is 0.179 e.